The number of carboxylic acids is 1. The van der Waals surface area contributed by atoms with Crippen LogP contribution in [0, 0.1) is 11.8 Å². The molecule has 0 aliphatic heterocycles. The average Bonchev–Trinajstić information content (AvgIpc) is 2.87. The topological polar surface area (TPSA) is 37.3 Å². The standard InChI is InChI=1S/C23H31FO2/c1-4-11-18(12-10-14-19(5-2)23(25)26)16-17-20-13-8-7-9-15-21(20)22(24)6-3/h5-6,8,10,12-13,17-19H,2-4,7,9,11,14-16H2,1H3,(H,25,26)/b12-10+,20-17+,22-21+/t18-,19?/m1/s1. The molecule has 0 saturated heterocycles. The van der Waals surface area contributed by atoms with E-state index in [-0.39, 0.29) is 5.83 Å². The lowest BCUT2D eigenvalue weighted by atomic mass is 9.93. The second-order valence-corrected chi connectivity index (χ2v) is 6.61. The zero-order chi connectivity index (χ0) is 19.4. The Labute approximate surface area is 157 Å². The SMILES string of the molecule is C=C/C(F)=C1/CCCC=C/C1=C\C[C@@H](/C=C/CC(C=C)C(=O)O)CCC. The number of carboxylic acid groups (broad SMARTS) is 1. The van der Waals surface area contributed by atoms with E-state index in [1.807, 2.05) is 12.2 Å². The number of rotatable bonds is 10. The first-order valence-electron chi connectivity index (χ1n) is 9.43. The lowest BCUT2D eigenvalue weighted by molar-refractivity contribution is -0.139. The zero-order valence-corrected chi connectivity index (χ0v) is 15.8. The molecule has 2 nitrogen and oxygen atoms in total. The number of allylic oxidation sites excluding steroid dienone is 9. The van der Waals surface area contributed by atoms with E-state index >= 15 is 0 Å². The summed E-state index contributed by atoms with van der Waals surface area (Å²) in [5, 5.41) is 9.08. The minimum atomic E-state index is -0.850. The third kappa shape index (κ3) is 7.38. The number of halogens is 1. The van der Waals surface area contributed by atoms with Crippen molar-refractivity contribution < 1.29 is 14.3 Å². The van der Waals surface area contributed by atoms with Gasteiger partial charge in [-0.15, -0.1) is 6.58 Å². The van der Waals surface area contributed by atoms with Gasteiger partial charge in [-0.05, 0) is 61.7 Å². The van der Waals surface area contributed by atoms with Crippen LogP contribution in [0.4, 0.5) is 4.39 Å². The van der Waals surface area contributed by atoms with Crippen LogP contribution < -0.4 is 0 Å². The summed E-state index contributed by atoms with van der Waals surface area (Å²) in [7, 11) is 0. The van der Waals surface area contributed by atoms with E-state index in [1.165, 1.54) is 12.2 Å². The van der Waals surface area contributed by atoms with E-state index in [9.17, 15) is 9.18 Å². The fraction of sp³-hybridized carbons (Fsp3) is 0.435. The molecule has 1 N–H and O–H groups in total. The van der Waals surface area contributed by atoms with Gasteiger partial charge in [0.05, 0.1) is 5.92 Å². The number of hydrogen-bond acceptors (Lipinski definition) is 1. The van der Waals surface area contributed by atoms with Crippen LogP contribution in [0.3, 0.4) is 0 Å². The molecule has 0 fully saturated rings. The summed E-state index contributed by atoms with van der Waals surface area (Å²) >= 11 is 0. The van der Waals surface area contributed by atoms with Crippen molar-refractivity contribution >= 4 is 5.97 Å². The van der Waals surface area contributed by atoms with E-state index in [0.717, 1.165) is 49.7 Å². The smallest absolute Gasteiger partial charge is 0.310 e. The molecule has 0 aromatic rings. The Balaban J connectivity index is 2.87. The summed E-state index contributed by atoms with van der Waals surface area (Å²) in [5.41, 5.74) is 1.69. The summed E-state index contributed by atoms with van der Waals surface area (Å²) in [6, 6.07) is 0. The largest absolute Gasteiger partial charge is 0.481 e. The highest BCUT2D eigenvalue weighted by Gasteiger charge is 2.13. The monoisotopic (exact) mass is 358 g/mol. The quantitative estimate of drug-likeness (QED) is 0.441. The Hall–Kier alpha value is -2.16. The van der Waals surface area contributed by atoms with Crippen LogP contribution in [0.15, 0.2) is 72.7 Å². The van der Waals surface area contributed by atoms with Crippen molar-refractivity contribution in [3.8, 4) is 0 Å². The molecule has 0 amide bonds. The number of aliphatic carboxylic acids is 1. The highest BCUT2D eigenvalue weighted by atomic mass is 19.1. The van der Waals surface area contributed by atoms with Crippen molar-refractivity contribution in [2.45, 2.75) is 51.9 Å². The minimum absolute atomic E-state index is 0.235. The normalized spacial score (nSPS) is 20.6. The first-order chi connectivity index (χ1) is 12.5. The van der Waals surface area contributed by atoms with Crippen LogP contribution in [0.5, 0.6) is 0 Å². The number of carbonyl (C=O) groups is 1. The van der Waals surface area contributed by atoms with Gasteiger partial charge in [0.25, 0.3) is 0 Å². The van der Waals surface area contributed by atoms with Gasteiger partial charge < -0.3 is 5.11 Å². The van der Waals surface area contributed by atoms with Gasteiger partial charge in [0, 0.05) is 0 Å². The maximum atomic E-state index is 14.1. The molecule has 0 bridgehead atoms. The Bertz CT molecular complexity index is 608. The van der Waals surface area contributed by atoms with Crippen LogP contribution in [-0.4, -0.2) is 11.1 Å². The van der Waals surface area contributed by atoms with Crippen molar-refractivity contribution in [1.29, 1.82) is 0 Å². The van der Waals surface area contributed by atoms with Crippen LogP contribution in [0.1, 0.15) is 51.9 Å². The molecular formula is C23H31FO2. The average molecular weight is 358 g/mol. The highest BCUT2D eigenvalue weighted by molar-refractivity contribution is 5.72. The first-order valence-corrected chi connectivity index (χ1v) is 9.43. The van der Waals surface area contributed by atoms with Gasteiger partial charge in [-0.3, -0.25) is 4.79 Å². The molecule has 1 rings (SSSR count). The van der Waals surface area contributed by atoms with Gasteiger partial charge in [-0.1, -0.05) is 56.4 Å². The summed E-state index contributed by atoms with van der Waals surface area (Å²) in [6.07, 6.45) is 18.9. The Morgan fingerprint density at radius 2 is 2.15 bits per heavy atom. The molecule has 3 heteroatoms. The zero-order valence-electron chi connectivity index (χ0n) is 15.8. The molecule has 2 atom stereocenters. The third-order valence-corrected chi connectivity index (χ3v) is 4.61. The molecule has 0 heterocycles. The van der Waals surface area contributed by atoms with Gasteiger partial charge in [0.2, 0.25) is 0 Å². The molecule has 0 spiro atoms. The summed E-state index contributed by atoms with van der Waals surface area (Å²) < 4.78 is 14.1. The van der Waals surface area contributed by atoms with Crippen LogP contribution >= 0.6 is 0 Å². The van der Waals surface area contributed by atoms with Crippen molar-refractivity contribution in [3.05, 3.63) is 72.7 Å². The maximum absolute atomic E-state index is 14.1. The summed E-state index contributed by atoms with van der Waals surface area (Å²) in [4.78, 5) is 11.1. The van der Waals surface area contributed by atoms with Crippen molar-refractivity contribution in [3.63, 3.8) is 0 Å². The molecule has 1 aliphatic rings. The van der Waals surface area contributed by atoms with E-state index in [2.05, 4.69) is 38.3 Å². The van der Waals surface area contributed by atoms with Crippen molar-refractivity contribution in [2.75, 3.05) is 0 Å². The fourth-order valence-electron chi connectivity index (χ4n) is 3.08. The van der Waals surface area contributed by atoms with E-state index < -0.39 is 11.9 Å². The lowest BCUT2D eigenvalue weighted by Crippen LogP contribution is -2.09. The fourth-order valence-corrected chi connectivity index (χ4v) is 3.08. The van der Waals surface area contributed by atoms with E-state index in [4.69, 9.17) is 5.11 Å². The highest BCUT2D eigenvalue weighted by Crippen LogP contribution is 2.28. The summed E-state index contributed by atoms with van der Waals surface area (Å²) in [5.74, 6) is -1.32. The molecule has 1 unspecified atom stereocenters. The van der Waals surface area contributed by atoms with E-state index in [1.54, 1.807) is 0 Å². The Morgan fingerprint density at radius 3 is 2.77 bits per heavy atom. The van der Waals surface area contributed by atoms with Crippen molar-refractivity contribution in [1.82, 2.24) is 0 Å². The van der Waals surface area contributed by atoms with E-state index in [0.29, 0.717) is 12.3 Å². The molecular weight excluding hydrogens is 327 g/mol. The first kappa shape index (κ1) is 21.9. The second kappa shape index (κ2) is 12.2. The maximum Gasteiger partial charge on any atom is 0.310 e. The summed E-state index contributed by atoms with van der Waals surface area (Å²) in [6.45, 7) is 9.26. The molecule has 0 aromatic carbocycles. The van der Waals surface area contributed by atoms with Crippen molar-refractivity contribution in [2.24, 2.45) is 11.8 Å². The molecule has 26 heavy (non-hydrogen) atoms. The third-order valence-electron chi connectivity index (χ3n) is 4.61. The molecule has 142 valence electrons. The van der Waals surface area contributed by atoms with Gasteiger partial charge in [-0.25, -0.2) is 4.39 Å². The van der Waals surface area contributed by atoms with Gasteiger partial charge in [-0.2, -0.15) is 0 Å². The van der Waals surface area contributed by atoms with Gasteiger partial charge >= 0.3 is 5.97 Å². The minimum Gasteiger partial charge on any atom is -0.481 e. The van der Waals surface area contributed by atoms with Gasteiger partial charge in [0.15, 0.2) is 0 Å². The van der Waals surface area contributed by atoms with Crippen LogP contribution in [0.2, 0.25) is 0 Å². The van der Waals surface area contributed by atoms with Crippen LogP contribution in [0.25, 0.3) is 0 Å². The molecule has 1 aliphatic carbocycles. The Kier molecular flexibility index (Phi) is 10.3. The second-order valence-electron chi connectivity index (χ2n) is 6.61. The predicted molar refractivity (Wildman–Crippen MR) is 107 cm³/mol. The lowest BCUT2D eigenvalue weighted by Gasteiger charge is -2.12. The Morgan fingerprint density at radius 1 is 1.38 bits per heavy atom. The molecule has 0 radical (unpaired) electrons. The number of hydrogen-bond donors (Lipinski definition) is 1. The van der Waals surface area contributed by atoms with Gasteiger partial charge in [0.1, 0.15) is 5.83 Å². The predicted octanol–water partition coefficient (Wildman–Crippen LogP) is 6.70. The van der Waals surface area contributed by atoms with Crippen LogP contribution in [-0.2, 0) is 4.79 Å². The molecule has 0 aromatic heterocycles. The molecule has 0 saturated carbocycles.